The molecule has 1 aromatic heterocycles. The number of guanidine groups is 1. The number of nitrogens with two attached hydrogens (primary N) is 1. The van der Waals surface area contributed by atoms with E-state index in [4.69, 9.17) is 17.3 Å². The van der Waals surface area contributed by atoms with Crippen LogP contribution in [-0.4, -0.2) is 15.9 Å². The highest BCUT2D eigenvalue weighted by Crippen LogP contribution is 2.16. The van der Waals surface area contributed by atoms with E-state index in [0.717, 1.165) is 11.8 Å². The number of anilines is 1. The third kappa shape index (κ3) is 4.15. The molecule has 0 aliphatic rings. The first-order valence-electron chi connectivity index (χ1n) is 5.97. The van der Waals surface area contributed by atoms with Gasteiger partial charge in [0.05, 0.1) is 11.5 Å². The van der Waals surface area contributed by atoms with Crippen LogP contribution in [0, 0.1) is 10.1 Å². The maximum absolute atomic E-state index is 10.5. The molecule has 1 aromatic carbocycles. The van der Waals surface area contributed by atoms with Gasteiger partial charge in [0, 0.05) is 11.1 Å². The second kappa shape index (κ2) is 6.67. The van der Waals surface area contributed by atoms with Gasteiger partial charge in [-0.1, -0.05) is 29.8 Å². The third-order valence-corrected chi connectivity index (χ3v) is 2.96. The Bertz CT molecular complexity index is 673. The summed E-state index contributed by atoms with van der Waals surface area (Å²) < 4.78 is 0. The van der Waals surface area contributed by atoms with E-state index in [2.05, 4.69) is 15.3 Å². The number of benzene rings is 1. The lowest BCUT2D eigenvalue weighted by atomic mass is 10.2. The van der Waals surface area contributed by atoms with E-state index in [-0.39, 0.29) is 11.6 Å². The van der Waals surface area contributed by atoms with Gasteiger partial charge >= 0.3 is 0 Å². The largest absolute Gasteiger partial charge is 0.370 e. The summed E-state index contributed by atoms with van der Waals surface area (Å²) in [6.45, 7) is 0.325. The quantitative estimate of drug-likeness (QED) is 0.391. The topological polar surface area (TPSA) is 106 Å². The highest BCUT2D eigenvalue weighted by Gasteiger charge is 2.05. The SMILES string of the molecule is NC(=NCc1ccccc1Cl)Nc1ccc([N+](=O)[O-])cn1. The van der Waals surface area contributed by atoms with Crippen molar-refractivity contribution in [2.24, 2.45) is 10.7 Å². The Hall–Kier alpha value is -2.67. The predicted molar refractivity (Wildman–Crippen MR) is 81.3 cm³/mol. The maximum Gasteiger partial charge on any atom is 0.287 e. The van der Waals surface area contributed by atoms with Crippen LogP contribution in [0.2, 0.25) is 5.02 Å². The molecular formula is C13H12ClN5O2. The Balaban J connectivity index is 2.00. The number of halogens is 1. The van der Waals surface area contributed by atoms with E-state index in [1.54, 1.807) is 6.07 Å². The lowest BCUT2D eigenvalue weighted by Crippen LogP contribution is -2.23. The summed E-state index contributed by atoms with van der Waals surface area (Å²) in [4.78, 5) is 18.0. The summed E-state index contributed by atoms with van der Waals surface area (Å²) >= 11 is 6.01. The van der Waals surface area contributed by atoms with E-state index in [1.165, 1.54) is 12.1 Å². The minimum Gasteiger partial charge on any atom is -0.370 e. The average molecular weight is 306 g/mol. The standard InChI is InChI=1S/C13H12ClN5O2/c14-11-4-2-1-3-9(11)7-17-13(15)18-12-6-5-10(8-16-12)19(20)21/h1-6,8H,7H2,(H3,15,16,17,18). The summed E-state index contributed by atoms with van der Waals surface area (Å²) in [6.07, 6.45) is 1.14. The molecule has 0 unspecified atom stereocenters. The highest BCUT2D eigenvalue weighted by molar-refractivity contribution is 6.31. The van der Waals surface area contributed by atoms with E-state index < -0.39 is 4.92 Å². The van der Waals surface area contributed by atoms with E-state index in [1.807, 2.05) is 18.2 Å². The molecule has 0 aliphatic heterocycles. The van der Waals surface area contributed by atoms with Crippen LogP contribution in [0.1, 0.15) is 5.56 Å². The molecule has 108 valence electrons. The number of hydrogen-bond donors (Lipinski definition) is 2. The van der Waals surface area contributed by atoms with Crippen LogP contribution in [0.25, 0.3) is 0 Å². The first kappa shape index (κ1) is 14.7. The van der Waals surface area contributed by atoms with Crippen molar-refractivity contribution in [2.75, 3.05) is 5.32 Å². The lowest BCUT2D eigenvalue weighted by molar-refractivity contribution is -0.385. The van der Waals surface area contributed by atoms with Gasteiger partial charge in [-0.05, 0) is 17.7 Å². The molecule has 2 rings (SSSR count). The zero-order chi connectivity index (χ0) is 15.2. The molecule has 0 saturated heterocycles. The molecule has 0 spiro atoms. The Morgan fingerprint density at radius 2 is 2.14 bits per heavy atom. The fourth-order valence-corrected chi connectivity index (χ4v) is 1.73. The molecule has 0 atom stereocenters. The average Bonchev–Trinajstić information content (AvgIpc) is 2.47. The van der Waals surface area contributed by atoms with E-state index in [0.29, 0.717) is 17.4 Å². The van der Waals surface area contributed by atoms with Crippen molar-refractivity contribution in [2.45, 2.75) is 6.54 Å². The molecule has 0 amide bonds. The normalized spacial score (nSPS) is 11.2. The number of hydrogen-bond acceptors (Lipinski definition) is 4. The molecule has 7 nitrogen and oxygen atoms in total. The van der Waals surface area contributed by atoms with Crippen molar-refractivity contribution < 1.29 is 4.92 Å². The number of aromatic nitrogens is 1. The maximum atomic E-state index is 10.5. The monoisotopic (exact) mass is 305 g/mol. The van der Waals surface area contributed by atoms with Crippen LogP contribution >= 0.6 is 11.6 Å². The lowest BCUT2D eigenvalue weighted by Gasteiger charge is -2.05. The summed E-state index contributed by atoms with van der Waals surface area (Å²) in [6, 6.07) is 10.1. The van der Waals surface area contributed by atoms with E-state index in [9.17, 15) is 10.1 Å². The van der Waals surface area contributed by atoms with Gasteiger partial charge in [0.1, 0.15) is 12.0 Å². The summed E-state index contributed by atoms with van der Waals surface area (Å²) in [5, 5.41) is 13.9. The van der Waals surface area contributed by atoms with Crippen molar-refractivity contribution in [3.05, 3.63) is 63.3 Å². The number of nitrogens with zero attached hydrogens (tertiary/aromatic N) is 3. The van der Waals surface area contributed by atoms with Crippen LogP contribution in [0.3, 0.4) is 0 Å². The van der Waals surface area contributed by atoms with Gasteiger partial charge in [-0.15, -0.1) is 0 Å². The van der Waals surface area contributed by atoms with Crippen LogP contribution in [0.15, 0.2) is 47.6 Å². The second-order valence-corrected chi connectivity index (χ2v) is 4.48. The van der Waals surface area contributed by atoms with Crippen molar-refractivity contribution in [1.29, 1.82) is 0 Å². The van der Waals surface area contributed by atoms with Gasteiger partial charge in [-0.2, -0.15) is 0 Å². The molecule has 0 radical (unpaired) electrons. The molecule has 2 aromatic rings. The van der Waals surface area contributed by atoms with Gasteiger partial charge in [0.15, 0.2) is 5.96 Å². The van der Waals surface area contributed by atoms with Crippen molar-refractivity contribution in [3.63, 3.8) is 0 Å². The number of nitro groups is 1. The highest BCUT2D eigenvalue weighted by atomic mass is 35.5. The Kier molecular flexibility index (Phi) is 4.68. The van der Waals surface area contributed by atoms with Crippen molar-refractivity contribution >= 4 is 29.1 Å². The Morgan fingerprint density at radius 1 is 1.38 bits per heavy atom. The summed E-state index contributed by atoms with van der Waals surface area (Å²) in [5.41, 5.74) is 6.48. The van der Waals surface area contributed by atoms with Gasteiger partial charge in [-0.25, -0.2) is 9.98 Å². The molecule has 21 heavy (non-hydrogen) atoms. The van der Waals surface area contributed by atoms with E-state index >= 15 is 0 Å². The molecule has 0 bridgehead atoms. The van der Waals surface area contributed by atoms with Crippen molar-refractivity contribution in [3.8, 4) is 0 Å². The van der Waals surface area contributed by atoms with Gasteiger partial charge in [-0.3, -0.25) is 10.1 Å². The summed E-state index contributed by atoms with van der Waals surface area (Å²) in [7, 11) is 0. The van der Waals surface area contributed by atoms with Crippen LogP contribution in [-0.2, 0) is 6.54 Å². The molecule has 8 heteroatoms. The van der Waals surface area contributed by atoms with Gasteiger partial charge < -0.3 is 11.1 Å². The second-order valence-electron chi connectivity index (χ2n) is 4.08. The van der Waals surface area contributed by atoms with Crippen LogP contribution in [0.5, 0.6) is 0 Å². The zero-order valence-electron chi connectivity index (χ0n) is 10.9. The third-order valence-electron chi connectivity index (χ3n) is 2.59. The number of nitrogens with one attached hydrogen (secondary N) is 1. The molecular weight excluding hydrogens is 294 g/mol. The number of rotatable bonds is 4. The molecule has 1 heterocycles. The first-order chi connectivity index (χ1) is 10.1. The molecule has 3 N–H and O–H groups in total. The van der Waals surface area contributed by atoms with Crippen molar-refractivity contribution in [1.82, 2.24) is 4.98 Å². The van der Waals surface area contributed by atoms with Gasteiger partial charge in [0.25, 0.3) is 5.69 Å². The van der Waals surface area contributed by atoms with Crippen LogP contribution in [0.4, 0.5) is 11.5 Å². The van der Waals surface area contributed by atoms with Gasteiger partial charge in [0.2, 0.25) is 0 Å². The predicted octanol–water partition coefficient (Wildman–Crippen LogP) is 2.57. The molecule has 0 saturated carbocycles. The Labute approximate surface area is 125 Å². The smallest absolute Gasteiger partial charge is 0.287 e. The zero-order valence-corrected chi connectivity index (χ0v) is 11.6. The number of pyridine rings is 1. The fourth-order valence-electron chi connectivity index (χ4n) is 1.54. The fraction of sp³-hybridized carbons (Fsp3) is 0.0769. The number of aliphatic imine (C=N–C) groups is 1. The Morgan fingerprint density at radius 3 is 2.76 bits per heavy atom. The minimum absolute atomic E-state index is 0.0906. The van der Waals surface area contributed by atoms with Crippen LogP contribution < -0.4 is 11.1 Å². The first-order valence-corrected chi connectivity index (χ1v) is 6.35. The molecule has 0 aliphatic carbocycles. The minimum atomic E-state index is -0.522. The molecule has 0 fully saturated rings. The summed E-state index contributed by atoms with van der Waals surface area (Å²) in [5.74, 6) is 0.525.